The lowest BCUT2D eigenvalue weighted by Gasteiger charge is -2.18. The summed E-state index contributed by atoms with van der Waals surface area (Å²) >= 11 is 6.56. The Hall–Kier alpha value is -0.630. The average molecular weight is 298 g/mol. The van der Waals surface area contributed by atoms with Gasteiger partial charge < -0.3 is 5.11 Å². The molecule has 0 atom stereocenters. The molecular weight excluding hydrogens is 286 g/mol. The second-order valence-corrected chi connectivity index (χ2v) is 7.78. The molecule has 0 radical (unpaired) electrons. The summed E-state index contributed by atoms with van der Waals surface area (Å²) in [5, 5.41) is 8.86. The van der Waals surface area contributed by atoms with E-state index in [9.17, 15) is 13.2 Å². The van der Waals surface area contributed by atoms with E-state index in [0.717, 1.165) is 11.3 Å². The Labute approximate surface area is 108 Å². The summed E-state index contributed by atoms with van der Waals surface area (Å²) in [5.41, 5.74) is -1.16. The van der Waals surface area contributed by atoms with Gasteiger partial charge in [0.15, 0.2) is 0 Å². The molecule has 2 N–H and O–H groups in total. The molecule has 0 aliphatic carbocycles. The first kappa shape index (κ1) is 14.4. The van der Waals surface area contributed by atoms with Crippen LogP contribution in [0.4, 0.5) is 0 Å². The number of carboxylic acids is 1. The maximum Gasteiger partial charge on any atom is 0.310 e. The van der Waals surface area contributed by atoms with Crippen LogP contribution in [0.15, 0.2) is 16.3 Å². The molecule has 8 heteroatoms. The lowest BCUT2D eigenvalue weighted by molar-refractivity contribution is -0.146. The number of rotatable bonds is 5. The number of carbonyl (C=O) groups is 1. The number of halogens is 1. The number of nitrogens with one attached hydrogen (secondary N) is 1. The van der Waals surface area contributed by atoms with E-state index in [2.05, 4.69) is 4.72 Å². The molecule has 17 heavy (non-hydrogen) atoms. The zero-order valence-corrected chi connectivity index (χ0v) is 11.6. The van der Waals surface area contributed by atoms with Crippen LogP contribution in [0.3, 0.4) is 0 Å². The number of sulfonamides is 1. The molecule has 5 nitrogen and oxygen atoms in total. The van der Waals surface area contributed by atoms with Gasteiger partial charge in [0.1, 0.15) is 4.21 Å². The van der Waals surface area contributed by atoms with Crippen molar-refractivity contribution in [3.63, 3.8) is 0 Å². The number of hydrogen-bond donors (Lipinski definition) is 2. The first-order valence-corrected chi connectivity index (χ1v) is 7.31. The van der Waals surface area contributed by atoms with Gasteiger partial charge >= 0.3 is 5.97 Å². The highest BCUT2D eigenvalue weighted by Gasteiger charge is 2.29. The van der Waals surface area contributed by atoms with Crippen LogP contribution in [0, 0.1) is 5.41 Å². The fourth-order valence-electron chi connectivity index (χ4n) is 0.864. The van der Waals surface area contributed by atoms with Crippen LogP contribution in [0.1, 0.15) is 13.8 Å². The maximum atomic E-state index is 11.8. The Morgan fingerprint density at radius 1 is 1.53 bits per heavy atom. The van der Waals surface area contributed by atoms with Crippen LogP contribution in [0.2, 0.25) is 4.34 Å². The van der Waals surface area contributed by atoms with Crippen LogP contribution in [-0.2, 0) is 14.8 Å². The highest BCUT2D eigenvalue weighted by Crippen LogP contribution is 2.25. The fourth-order valence-corrected chi connectivity index (χ4v) is 3.60. The molecular formula is C9H12ClNO4S2. The van der Waals surface area contributed by atoms with Gasteiger partial charge in [-0.05, 0) is 26.0 Å². The minimum Gasteiger partial charge on any atom is -0.481 e. The van der Waals surface area contributed by atoms with E-state index in [1.165, 1.54) is 26.0 Å². The molecule has 0 saturated heterocycles. The van der Waals surface area contributed by atoms with E-state index >= 15 is 0 Å². The Kier molecular flexibility index (Phi) is 4.19. The minimum atomic E-state index is -3.69. The van der Waals surface area contributed by atoms with E-state index in [4.69, 9.17) is 16.7 Å². The molecule has 0 aliphatic rings. The third-order valence-corrected chi connectivity index (χ3v) is 5.22. The molecule has 1 rings (SSSR count). The lowest BCUT2D eigenvalue weighted by Crippen LogP contribution is -2.38. The Morgan fingerprint density at radius 2 is 2.12 bits per heavy atom. The van der Waals surface area contributed by atoms with Gasteiger partial charge in [-0.3, -0.25) is 4.79 Å². The molecule has 96 valence electrons. The van der Waals surface area contributed by atoms with Gasteiger partial charge in [-0.2, -0.15) is 0 Å². The molecule has 1 aromatic rings. The van der Waals surface area contributed by atoms with Crippen molar-refractivity contribution in [2.75, 3.05) is 6.54 Å². The second-order valence-electron chi connectivity index (χ2n) is 4.07. The summed E-state index contributed by atoms with van der Waals surface area (Å²) in [6, 6.07) is 2.85. The van der Waals surface area contributed by atoms with Gasteiger partial charge in [0.25, 0.3) is 0 Å². The largest absolute Gasteiger partial charge is 0.481 e. The van der Waals surface area contributed by atoms with Gasteiger partial charge in [-0.1, -0.05) is 11.6 Å². The quantitative estimate of drug-likeness (QED) is 0.868. The van der Waals surface area contributed by atoms with Crippen LogP contribution in [0.5, 0.6) is 0 Å². The van der Waals surface area contributed by atoms with Crippen LogP contribution >= 0.6 is 22.9 Å². The number of hydrogen-bond acceptors (Lipinski definition) is 4. The van der Waals surface area contributed by atoms with Crippen molar-refractivity contribution >= 4 is 38.9 Å². The van der Waals surface area contributed by atoms with Gasteiger partial charge in [0.05, 0.1) is 9.75 Å². The molecule has 0 saturated carbocycles. The van der Waals surface area contributed by atoms with Crippen LogP contribution in [-0.4, -0.2) is 26.0 Å². The zero-order valence-electron chi connectivity index (χ0n) is 9.23. The predicted octanol–water partition coefficient (Wildman–Crippen LogP) is 1.79. The van der Waals surface area contributed by atoms with E-state index in [1.807, 2.05) is 0 Å². The standard InChI is InChI=1S/C9H12ClNO4S2/c1-9(2,8(12)13)5-11-17(14,15)7-4-3-6(10)16-7/h3-4,11H,5H2,1-2H3,(H,12,13). The summed E-state index contributed by atoms with van der Waals surface area (Å²) in [4.78, 5) is 10.8. The summed E-state index contributed by atoms with van der Waals surface area (Å²) in [5.74, 6) is -1.07. The van der Waals surface area contributed by atoms with E-state index < -0.39 is 21.4 Å². The highest BCUT2D eigenvalue weighted by atomic mass is 35.5. The highest BCUT2D eigenvalue weighted by molar-refractivity contribution is 7.91. The molecule has 0 spiro atoms. The Balaban J connectivity index is 2.79. The first-order chi connectivity index (χ1) is 7.65. The Bertz CT molecular complexity index is 521. The van der Waals surface area contributed by atoms with Crippen molar-refractivity contribution in [2.45, 2.75) is 18.1 Å². The smallest absolute Gasteiger partial charge is 0.310 e. The third-order valence-electron chi connectivity index (χ3n) is 2.10. The summed E-state index contributed by atoms with van der Waals surface area (Å²) in [7, 11) is -3.69. The molecule has 0 aromatic carbocycles. The predicted molar refractivity (Wildman–Crippen MR) is 65.9 cm³/mol. The summed E-state index contributed by atoms with van der Waals surface area (Å²) in [6.45, 7) is 2.71. The van der Waals surface area contributed by atoms with Crippen molar-refractivity contribution < 1.29 is 18.3 Å². The topological polar surface area (TPSA) is 83.5 Å². The third kappa shape index (κ3) is 3.67. The van der Waals surface area contributed by atoms with Crippen LogP contribution in [0.25, 0.3) is 0 Å². The fraction of sp³-hybridized carbons (Fsp3) is 0.444. The van der Waals surface area contributed by atoms with E-state index in [-0.39, 0.29) is 10.8 Å². The lowest BCUT2D eigenvalue weighted by atomic mass is 9.95. The number of aliphatic carboxylic acids is 1. The van der Waals surface area contributed by atoms with Crippen molar-refractivity contribution in [3.8, 4) is 0 Å². The molecule has 1 heterocycles. The second kappa shape index (κ2) is 4.93. The van der Waals surface area contributed by atoms with Crippen molar-refractivity contribution in [1.82, 2.24) is 4.72 Å². The number of carboxylic acid groups (broad SMARTS) is 1. The molecule has 1 aromatic heterocycles. The molecule has 0 unspecified atom stereocenters. The SMILES string of the molecule is CC(C)(CNS(=O)(=O)c1ccc(Cl)s1)C(=O)O. The van der Waals surface area contributed by atoms with Crippen molar-refractivity contribution in [3.05, 3.63) is 16.5 Å². The minimum absolute atomic E-state index is 0.0729. The van der Waals surface area contributed by atoms with Crippen molar-refractivity contribution in [1.29, 1.82) is 0 Å². The summed E-state index contributed by atoms with van der Waals surface area (Å²) in [6.07, 6.45) is 0. The summed E-state index contributed by atoms with van der Waals surface area (Å²) < 4.78 is 26.2. The van der Waals surface area contributed by atoms with E-state index in [0.29, 0.717) is 4.34 Å². The number of thiophene rings is 1. The molecule has 0 bridgehead atoms. The normalized spacial score (nSPS) is 12.6. The first-order valence-electron chi connectivity index (χ1n) is 4.63. The average Bonchev–Trinajstić information content (AvgIpc) is 2.63. The molecule has 0 fully saturated rings. The van der Waals surface area contributed by atoms with Gasteiger partial charge in [-0.15, -0.1) is 11.3 Å². The maximum absolute atomic E-state index is 11.8. The molecule has 0 amide bonds. The van der Waals surface area contributed by atoms with Crippen LogP contribution < -0.4 is 4.72 Å². The monoisotopic (exact) mass is 297 g/mol. The Morgan fingerprint density at radius 3 is 2.53 bits per heavy atom. The molecule has 0 aliphatic heterocycles. The van der Waals surface area contributed by atoms with Crippen molar-refractivity contribution in [2.24, 2.45) is 5.41 Å². The van der Waals surface area contributed by atoms with E-state index in [1.54, 1.807) is 0 Å². The van der Waals surface area contributed by atoms with Gasteiger partial charge in [-0.25, -0.2) is 13.1 Å². The zero-order chi connectivity index (χ0) is 13.3. The van der Waals surface area contributed by atoms with Gasteiger partial charge in [0, 0.05) is 6.54 Å². The van der Waals surface area contributed by atoms with Gasteiger partial charge in [0.2, 0.25) is 10.0 Å².